The van der Waals surface area contributed by atoms with E-state index in [9.17, 15) is 19.6 Å². The van der Waals surface area contributed by atoms with Crippen LogP contribution in [-0.4, -0.2) is 58.5 Å². The number of nitrogens with one attached hydrogen (secondary N) is 2. The van der Waals surface area contributed by atoms with Gasteiger partial charge in [0.25, 0.3) is 0 Å². The standard InChI is InChI=1S/C26H32N6O4/c1-25(2,3)21(31-24(35)36-6)23(34)32-13-16-18(26(16,4)5)20(32)22(33)30-17(10-27)15-12-28-11-14-8-7-9-29-19(14)15/h7-9,11-12,16-18,20-21H,13H2,1-6H3,(H,30,33)(H,31,35)/t16-,17?,18-,20-,21+/m0/s1. The lowest BCUT2D eigenvalue weighted by molar-refractivity contribution is -0.144. The number of piperidine rings is 1. The fraction of sp³-hybridized carbons (Fsp3) is 0.538. The molecule has 0 aromatic carbocycles. The van der Waals surface area contributed by atoms with Crippen LogP contribution in [0, 0.1) is 34.0 Å². The smallest absolute Gasteiger partial charge is 0.407 e. The highest BCUT2D eigenvalue weighted by Crippen LogP contribution is 2.65. The number of rotatable bonds is 5. The van der Waals surface area contributed by atoms with Gasteiger partial charge in [-0.3, -0.25) is 19.6 Å². The number of ether oxygens (including phenoxy) is 1. The third-order valence-electron chi connectivity index (χ3n) is 7.59. The molecular weight excluding hydrogens is 460 g/mol. The number of carbonyl (C=O) groups is 3. The van der Waals surface area contributed by atoms with Crippen LogP contribution in [0.3, 0.4) is 0 Å². The summed E-state index contributed by atoms with van der Waals surface area (Å²) in [6, 6.07) is 3.11. The second-order valence-corrected chi connectivity index (χ2v) is 11.2. The van der Waals surface area contributed by atoms with E-state index in [0.29, 0.717) is 17.6 Å². The normalized spacial score (nSPS) is 23.7. The van der Waals surface area contributed by atoms with Crippen molar-refractivity contribution in [3.63, 3.8) is 0 Å². The van der Waals surface area contributed by atoms with Gasteiger partial charge in [0.1, 0.15) is 18.1 Å². The van der Waals surface area contributed by atoms with Crippen LogP contribution in [0.25, 0.3) is 10.9 Å². The van der Waals surface area contributed by atoms with Crippen LogP contribution in [0.15, 0.2) is 30.7 Å². The van der Waals surface area contributed by atoms with Crippen molar-refractivity contribution in [2.24, 2.45) is 22.7 Å². The van der Waals surface area contributed by atoms with E-state index in [1.165, 1.54) is 13.3 Å². The second kappa shape index (κ2) is 9.04. The lowest BCUT2D eigenvalue weighted by Gasteiger charge is -2.37. The van der Waals surface area contributed by atoms with Gasteiger partial charge in [-0.05, 0) is 34.8 Å². The largest absolute Gasteiger partial charge is 0.453 e. The fourth-order valence-corrected chi connectivity index (χ4v) is 5.45. The van der Waals surface area contributed by atoms with E-state index in [1.807, 2.05) is 26.8 Å². The van der Waals surface area contributed by atoms with E-state index in [0.717, 1.165) is 5.39 Å². The molecule has 2 aromatic heterocycles. The molecule has 36 heavy (non-hydrogen) atoms. The van der Waals surface area contributed by atoms with Gasteiger partial charge in [0.05, 0.1) is 18.7 Å². The monoisotopic (exact) mass is 492 g/mol. The first kappa shape index (κ1) is 25.4. The quantitative estimate of drug-likeness (QED) is 0.654. The summed E-state index contributed by atoms with van der Waals surface area (Å²) in [6.07, 6.45) is 4.09. The molecular formula is C26H32N6O4. The highest BCUT2D eigenvalue weighted by molar-refractivity contribution is 5.94. The van der Waals surface area contributed by atoms with E-state index >= 15 is 0 Å². The number of nitrogens with zero attached hydrogens (tertiary/aromatic N) is 4. The molecule has 2 aliphatic rings. The van der Waals surface area contributed by atoms with Crippen LogP contribution in [0.1, 0.15) is 46.2 Å². The highest BCUT2D eigenvalue weighted by atomic mass is 16.5. The van der Waals surface area contributed by atoms with Crippen molar-refractivity contribution in [2.45, 2.75) is 52.7 Å². The average Bonchev–Trinajstić information content (AvgIpc) is 3.17. The Bertz CT molecular complexity index is 1240. The number of carbonyl (C=O) groups excluding carboxylic acids is 3. The van der Waals surface area contributed by atoms with E-state index in [2.05, 4.69) is 40.5 Å². The molecule has 2 fully saturated rings. The van der Waals surface area contributed by atoms with E-state index < -0.39 is 35.5 Å². The minimum absolute atomic E-state index is 0.0525. The Hall–Kier alpha value is -3.74. The van der Waals surface area contributed by atoms with Gasteiger partial charge in [0, 0.05) is 36.1 Å². The summed E-state index contributed by atoms with van der Waals surface area (Å²) in [7, 11) is 1.24. The van der Waals surface area contributed by atoms with Gasteiger partial charge in [-0.2, -0.15) is 5.26 Å². The summed E-state index contributed by atoms with van der Waals surface area (Å²) in [5, 5.41) is 16.2. The average molecular weight is 493 g/mol. The summed E-state index contributed by atoms with van der Waals surface area (Å²) >= 11 is 0. The molecule has 1 aliphatic heterocycles. The molecule has 10 nitrogen and oxygen atoms in total. The number of hydrogen-bond donors (Lipinski definition) is 2. The van der Waals surface area contributed by atoms with Crippen LogP contribution in [0.5, 0.6) is 0 Å². The maximum absolute atomic E-state index is 13.7. The van der Waals surface area contributed by atoms with Gasteiger partial charge in [0.15, 0.2) is 0 Å². The van der Waals surface area contributed by atoms with Crippen LogP contribution in [-0.2, 0) is 14.3 Å². The Morgan fingerprint density at radius 1 is 1.25 bits per heavy atom. The molecule has 1 aliphatic carbocycles. The predicted molar refractivity (Wildman–Crippen MR) is 131 cm³/mol. The third-order valence-corrected chi connectivity index (χ3v) is 7.59. The lowest BCUT2D eigenvalue weighted by atomic mass is 9.85. The fourth-order valence-electron chi connectivity index (χ4n) is 5.45. The van der Waals surface area contributed by atoms with Gasteiger partial charge >= 0.3 is 6.09 Å². The van der Waals surface area contributed by atoms with Gasteiger partial charge < -0.3 is 20.3 Å². The number of amides is 3. The Balaban J connectivity index is 1.63. The zero-order valence-electron chi connectivity index (χ0n) is 21.4. The van der Waals surface area contributed by atoms with Crippen molar-refractivity contribution in [3.05, 3.63) is 36.3 Å². The lowest BCUT2D eigenvalue weighted by Crippen LogP contribution is -2.59. The molecule has 2 N–H and O–H groups in total. The Kier molecular flexibility index (Phi) is 6.37. The van der Waals surface area contributed by atoms with E-state index in [1.54, 1.807) is 23.4 Å². The van der Waals surface area contributed by atoms with Crippen molar-refractivity contribution in [2.75, 3.05) is 13.7 Å². The molecule has 3 heterocycles. The number of nitriles is 1. The van der Waals surface area contributed by atoms with E-state index in [-0.39, 0.29) is 23.2 Å². The minimum atomic E-state index is -0.993. The molecule has 5 atom stereocenters. The van der Waals surface area contributed by atoms with Gasteiger partial charge in [-0.1, -0.05) is 34.6 Å². The second-order valence-electron chi connectivity index (χ2n) is 11.2. The predicted octanol–water partition coefficient (Wildman–Crippen LogP) is 2.56. The SMILES string of the molecule is COC(=O)N[C@H](C(=O)N1C[C@H]2[C@@H]([C@H]1C(=O)NC(C#N)c1cncc3cccnc13)C2(C)C)C(C)(C)C. The molecule has 4 rings (SSSR count). The number of pyridine rings is 2. The molecule has 0 spiro atoms. The first-order valence-corrected chi connectivity index (χ1v) is 12.0. The van der Waals surface area contributed by atoms with Gasteiger partial charge in [-0.15, -0.1) is 0 Å². The zero-order valence-corrected chi connectivity index (χ0v) is 21.4. The number of fused-ring (bicyclic) bond motifs is 2. The summed E-state index contributed by atoms with van der Waals surface area (Å²) in [4.78, 5) is 49.6. The molecule has 0 bridgehead atoms. The van der Waals surface area contributed by atoms with Crippen LogP contribution >= 0.6 is 0 Å². The third kappa shape index (κ3) is 4.34. The minimum Gasteiger partial charge on any atom is -0.453 e. The van der Waals surface area contributed by atoms with E-state index in [4.69, 9.17) is 4.74 Å². The number of likely N-dealkylation sites (tertiary alicyclic amines) is 1. The summed E-state index contributed by atoms with van der Waals surface area (Å²) in [5.74, 6) is -0.662. The summed E-state index contributed by atoms with van der Waals surface area (Å²) in [6.45, 7) is 10.1. The Labute approximate surface area is 210 Å². The maximum Gasteiger partial charge on any atom is 0.407 e. The number of aromatic nitrogens is 2. The molecule has 0 radical (unpaired) electrons. The molecule has 10 heteroatoms. The van der Waals surface area contributed by atoms with Gasteiger partial charge in [0.2, 0.25) is 11.8 Å². The molecule has 1 saturated heterocycles. The van der Waals surface area contributed by atoms with Crippen LogP contribution < -0.4 is 10.6 Å². The zero-order chi connectivity index (χ0) is 26.4. The molecule has 3 amide bonds. The molecule has 1 unspecified atom stereocenters. The van der Waals surface area contributed by atoms with Gasteiger partial charge in [-0.25, -0.2) is 4.79 Å². The van der Waals surface area contributed by atoms with Crippen molar-refractivity contribution < 1.29 is 19.1 Å². The Morgan fingerprint density at radius 2 is 1.97 bits per heavy atom. The Morgan fingerprint density at radius 3 is 2.61 bits per heavy atom. The number of methoxy groups -OCH3 is 1. The molecule has 1 saturated carbocycles. The van der Waals surface area contributed by atoms with Crippen molar-refractivity contribution in [1.29, 1.82) is 5.26 Å². The highest BCUT2D eigenvalue weighted by Gasteiger charge is 2.69. The van der Waals surface area contributed by atoms with Crippen molar-refractivity contribution in [1.82, 2.24) is 25.5 Å². The maximum atomic E-state index is 13.7. The molecule has 190 valence electrons. The molecule has 2 aromatic rings. The van der Waals surface area contributed by atoms with Crippen molar-refractivity contribution >= 4 is 28.8 Å². The van der Waals surface area contributed by atoms with Crippen LogP contribution in [0.4, 0.5) is 4.79 Å². The first-order valence-electron chi connectivity index (χ1n) is 12.0. The number of alkyl carbamates (subject to hydrolysis) is 1. The van der Waals surface area contributed by atoms with Crippen LogP contribution in [0.2, 0.25) is 0 Å². The number of hydrogen-bond acceptors (Lipinski definition) is 7. The summed E-state index contributed by atoms with van der Waals surface area (Å²) < 4.78 is 4.73. The van der Waals surface area contributed by atoms with Crippen molar-refractivity contribution in [3.8, 4) is 6.07 Å². The topological polar surface area (TPSA) is 137 Å². The first-order chi connectivity index (χ1) is 16.9. The summed E-state index contributed by atoms with van der Waals surface area (Å²) in [5.41, 5.74) is 0.338.